The van der Waals surface area contributed by atoms with Gasteiger partial charge in [0.1, 0.15) is 11.2 Å². The number of hydrogen-bond donors (Lipinski definition) is 2. The number of nitrogens with one attached hydrogen (secondary N) is 1. The third-order valence-corrected chi connectivity index (χ3v) is 9.17. The molecule has 46 heavy (non-hydrogen) atoms. The maximum absolute atomic E-state index is 6.97. The van der Waals surface area contributed by atoms with E-state index in [-0.39, 0.29) is 6.17 Å². The molecule has 0 bridgehead atoms. The Balaban J connectivity index is 1.23. The van der Waals surface area contributed by atoms with E-state index in [0.29, 0.717) is 0 Å². The highest BCUT2D eigenvalue weighted by atomic mass is 16.3. The average molecular weight is 601 g/mol. The summed E-state index contributed by atoms with van der Waals surface area (Å²) in [6, 6.07) is 50.9. The summed E-state index contributed by atoms with van der Waals surface area (Å²) in [6.07, 6.45) is -0.139. The van der Waals surface area contributed by atoms with Crippen LogP contribution in [0.1, 0.15) is 29.8 Å². The Kier molecular flexibility index (Phi) is 6.95. The quantitative estimate of drug-likeness (QED) is 0.171. The predicted molar refractivity (Wildman–Crippen MR) is 190 cm³/mol. The maximum Gasteiger partial charge on any atom is 0.136 e. The standard InChI is InChI=1S/C41H36N4O/c1-41(42,30-15-7-4-8-16-30)43-40(44(2)27-28-13-5-3-6-14-28)29-21-23-31(24-22-29)45-34-19-11-9-17-32(34)38-35(45)25-26-37-39(38)33-18-10-12-20-36(33)46-37/h3-26,40,43H,27,42H2,1-2H3. The molecule has 2 heterocycles. The number of fused-ring (bicyclic) bond motifs is 7. The second-order valence-electron chi connectivity index (χ2n) is 12.4. The molecule has 0 amide bonds. The highest BCUT2D eigenvalue weighted by molar-refractivity contribution is 6.27. The average Bonchev–Trinajstić information content (AvgIpc) is 3.64. The molecule has 3 N–H and O–H groups in total. The van der Waals surface area contributed by atoms with E-state index in [1.165, 1.54) is 16.3 Å². The van der Waals surface area contributed by atoms with Gasteiger partial charge in [0.2, 0.25) is 0 Å². The van der Waals surface area contributed by atoms with Crippen LogP contribution in [0.5, 0.6) is 0 Å². The molecule has 6 aromatic carbocycles. The topological polar surface area (TPSA) is 59.4 Å². The zero-order valence-corrected chi connectivity index (χ0v) is 26.0. The highest BCUT2D eigenvalue weighted by Gasteiger charge is 2.28. The lowest BCUT2D eigenvalue weighted by Gasteiger charge is -2.37. The number of hydrogen-bond acceptors (Lipinski definition) is 4. The van der Waals surface area contributed by atoms with Crippen LogP contribution >= 0.6 is 0 Å². The molecule has 2 aromatic heterocycles. The van der Waals surface area contributed by atoms with Crippen molar-refractivity contribution >= 4 is 43.7 Å². The molecule has 0 aliphatic heterocycles. The van der Waals surface area contributed by atoms with Gasteiger partial charge in [-0.2, -0.15) is 0 Å². The van der Waals surface area contributed by atoms with Crippen molar-refractivity contribution in [1.29, 1.82) is 0 Å². The molecule has 0 radical (unpaired) electrons. The van der Waals surface area contributed by atoms with Gasteiger partial charge in [0.25, 0.3) is 0 Å². The Bertz CT molecular complexity index is 2300. The van der Waals surface area contributed by atoms with Crippen molar-refractivity contribution in [2.24, 2.45) is 5.73 Å². The van der Waals surface area contributed by atoms with Crippen LogP contribution in [-0.2, 0) is 12.2 Å². The van der Waals surface area contributed by atoms with Crippen molar-refractivity contribution in [2.75, 3.05) is 7.05 Å². The first-order valence-electron chi connectivity index (χ1n) is 15.8. The molecule has 5 heteroatoms. The molecule has 0 fully saturated rings. The largest absolute Gasteiger partial charge is 0.456 e. The fraction of sp³-hybridized carbons (Fsp3) is 0.122. The Hall–Kier alpha value is -5.20. The molecule has 8 aromatic rings. The number of nitrogens with two attached hydrogens (primary N) is 1. The van der Waals surface area contributed by atoms with Crippen molar-refractivity contribution in [3.63, 3.8) is 0 Å². The molecule has 0 aliphatic rings. The van der Waals surface area contributed by atoms with Gasteiger partial charge in [0, 0.05) is 33.8 Å². The van der Waals surface area contributed by atoms with Gasteiger partial charge < -0.3 is 14.7 Å². The van der Waals surface area contributed by atoms with Crippen molar-refractivity contribution in [1.82, 2.24) is 14.8 Å². The Morgan fingerprint density at radius 2 is 1.33 bits per heavy atom. The summed E-state index contributed by atoms with van der Waals surface area (Å²) in [5.74, 6) is 0. The lowest BCUT2D eigenvalue weighted by atomic mass is 10.0. The second kappa shape index (κ2) is 11.3. The summed E-state index contributed by atoms with van der Waals surface area (Å²) >= 11 is 0. The van der Waals surface area contributed by atoms with Gasteiger partial charge in [0.05, 0.1) is 22.9 Å². The number of nitrogens with zero attached hydrogens (tertiary/aromatic N) is 2. The van der Waals surface area contributed by atoms with Crippen molar-refractivity contribution in [3.05, 3.63) is 162 Å². The fourth-order valence-electron chi connectivity index (χ4n) is 6.92. The van der Waals surface area contributed by atoms with Crippen molar-refractivity contribution in [3.8, 4) is 5.69 Å². The van der Waals surface area contributed by atoms with E-state index in [1.807, 2.05) is 37.3 Å². The minimum absolute atomic E-state index is 0.139. The minimum Gasteiger partial charge on any atom is -0.456 e. The van der Waals surface area contributed by atoms with Gasteiger partial charge in [-0.05, 0) is 67.1 Å². The van der Waals surface area contributed by atoms with E-state index in [2.05, 4.69) is 137 Å². The van der Waals surface area contributed by atoms with Crippen molar-refractivity contribution < 1.29 is 4.42 Å². The summed E-state index contributed by atoms with van der Waals surface area (Å²) in [5.41, 5.74) is 14.9. The van der Waals surface area contributed by atoms with Crippen LogP contribution in [0.3, 0.4) is 0 Å². The lowest BCUT2D eigenvalue weighted by molar-refractivity contribution is 0.150. The van der Waals surface area contributed by atoms with Gasteiger partial charge in [-0.1, -0.05) is 109 Å². The molecule has 5 nitrogen and oxygen atoms in total. The SMILES string of the molecule is CN(Cc1ccccc1)C(NC(C)(N)c1ccccc1)c1ccc(-n2c3ccccc3c3c4c(ccc32)oc2ccccc24)cc1. The van der Waals surface area contributed by atoms with Crippen LogP contribution in [-0.4, -0.2) is 16.5 Å². The highest BCUT2D eigenvalue weighted by Crippen LogP contribution is 2.41. The minimum atomic E-state index is -0.749. The second-order valence-corrected chi connectivity index (χ2v) is 12.4. The third-order valence-electron chi connectivity index (χ3n) is 9.17. The number of rotatable bonds is 8. The summed E-state index contributed by atoms with van der Waals surface area (Å²) in [4.78, 5) is 2.32. The summed E-state index contributed by atoms with van der Waals surface area (Å²) in [6.45, 7) is 2.81. The maximum atomic E-state index is 6.97. The first kappa shape index (κ1) is 28.3. The molecule has 0 saturated carbocycles. The monoisotopic (exact) mass is 600 g/mol. The molecular weight excluding hydrogens is 564 g/mol. The number of aromatic nitrogens is 1. The van der Waals surface area contributed by atoms with E-state index in [4.69, 9.17) is 10.2 Å². The van der Waals surface area contributed by atoms with Crippen LogP contribution in [0, 0.1) is 0 Å². The smallest absolute Gasteiger partial charge is 0.136 e. The van der Waals surface area contributed by atoms with Gasteiger partial charge in [0.15, 0.2) is 0 Å². The summed E-state index contributed by atoms with van der Waals surface area (Å²) < 4.78 is 8.64. The van der Waals surface area contributed by atoms with E-state index in [9.17, 15) is 0 Å². The summed E-state index contributed by atoms with van der Waals surface area (Å²) in [7, 11) is 2.15. The van der Waals surface area contributed by atoms with Crippen LogP contribution in [0.4, 0.5) is 0 Å². The zero-order valence-electron chi connectivity index (χ0n) is 26.0. The normalized spacial score (nSPS) is 14.0. The third kappa shape index (κ3) is 4.86. The van der Waals surface area contributed by atoms with Gasteiger partial charge in [-0.15, -0.1) is 0 Å². The summed E-state index contributed by atoms with van der Waals surface area (Å²) in [5, 5.41) is 8.51. The molecular formula is C41H36N4O. The predicted octanol–water partition coefficient (Wildman–Crippen LogP) is 9.23. The Labute approximate surface area is 268 Å². The van der Waals surface area contributed by atoms with E-state index >= 15 is 0 Å². The number of benzene rings is 6. The van der Waals surface area contributed by atoms with Crippen LogP contribution < -0.4 is 11.1 Å². The Morgan fingerprint density at radius 3 is 2.09 bits per heavy atom. The first-order chi connectivity index (χ1) is 22.5. The Morgan fingerprint density at radius 1 is 0.674 bits per heavy atom. The fourth-order valence-corrected chi connectivity index (χ4v) is 6.92. The molecule has 226 valence electrons. The van der Waals surface area contributed by atoms with Gasteiger partial charge in [-0.25, -0.2) is 0 Å². The molecule has 0 aliphatic carbocycles. The molecule has 0 spiro atoms. The van der Waals surface area contributed by atoms with E-state index in [0.717, 1.165) is 56.3 Å². The van der Waals surface area contributed by atoms with Crippen molar-refractivity contribution in [2.45, 2.75) is 25.3 Å². The lowest BCUT2D eigenvalue weighted by Crippen LogP contribution is -2.52. The van der Waals surface area contributed by atoms with Crippen LogP contribution in [0.2, 0.25) is 0 Å². The van der Waals surface area contributed by atoms with E-state index < -0.39 is 5.66 Å². The molecule has 0 saturated heterocycles. The van der Waals surface area contributed by atoms with E-state index in [1.54, 1.807) is 0 Å². The van der Waals surface area contributed by atoms with Gasteiger partial charge >= 0.3 is 0 Å². The molecule has 2 atom stereocenters. The van der Waals surface area contributed by atoms with Gasteiger partial charge in [-0.3, -0.25) is 10.2 Å². The number of furan rings is 1. The van der Waals surface area contributed by atoms with Crippen LogP contribution in [0.25, 0.3) is 49.4 Å². The molecule has 8 rings (SSSR count). The first-order valence-corrected chi connectivity index (χ1v) is 15.8. The van der Waals surface area contributed by atoms with Crippen LogP contribution in [0.15, 0.2) is 150 Å². The zero-order chi connectivity index (χ0) is 31.3. The number of para-hydroxylation sites is 2. The molecule has 2 unspecified atom stereocenters.